The van der Waals surface area contributed by atoms with Gasteiger partial charge in [0, 0.05) is 32.4 Å². The number of pyridine rings is 1. The number of aliphatic imine (C=N–C) groups is 1. The Balaban J connectivity index is 1.36. The summed E-state index contributed by atoms with van der Waals surface area (Å²) in [4.78, 5) is 8.97. The molecule has 1 aliphatic rings. The molecule has 0 atom stereocenters. The summed E-state index contributed by atoms with van der Waals surface area (Å²) in [7, 11) is 1.76. The number of imidazole rings is 1. The van der Waals surface area contributed by atoms with Gasteiger partial charge in [-0.25, -0.2) is 4.98 Å². The van der Waals surface area contributed by atoms with E-state index in [1.54, 1.807) is 7.05 Å². The Morgan fingerprint density at radius 1 is 1.20 bits per heavy atom. The van der Waals surface area contributed by atoms with Gasteiger partial charge in [0.2, 0.25) is 0 Å². The highest BCUT2D eigenvalue weighted by molar-refractivity contribution is 5.79. The summed E-state index contributed by atoms with van der Waals surface area (Å²) in [5.74, 6) is 2.76. The standard InChI is InChI=1S/C17H22N8/c1-18-17(19-10-13-12-24-8-4-2-6-14(24)21-13)20-11-16-23-22-15-7-3-5-9-25(15)16/h3,5,7,9,12H,2,4,6,8,10-11H2,1H3,(H2,18,19,20). The number of fused-ring (bicyclic) bond motifs is 2. The van der Waals surface area contributed by atoms with Gasteiger partial charge in [0.15, 0.2) is 17.4 Å². The molecule has 8 nitrogen and oxygen atoms in total. The van der Waals surface area contributed by atoms with Gasteiger partial charge in [-0.3, -0.25) is 9.39 Å². The summed E-state index contributed by atoms with van der Waals surface area (Å²) in [5.41, 5.74) is 1.89. The number of hydrogen-bond donors (Lipinski definition) is 2. The maximum Gasteiger partial charge on any atom is 0.191 e. The monoisotopic (exact) mass is 338 g/mol. The van der Waals surface area contributed by atoms with Crippen LogP contribution in [0.1, 0.15) is 30.2 Å². The van der Waals surface area contributed by atoms with Gasteiger partial charge >= 0.3 is 0 Å². The number of nitrogens with one attached hydrogen (secondary N) is 2. The Morgan fingerprint density at radius 3 is 3.00 bits per heavy atom. The Labute approximate surface area is 146 Å². The zero-order valence-electron chi connectivity index (χ0n) is 14.3. The van der Waals surface area contributed by atoms with Crippen LogP contribution in [0.5, 0.6) is 0 Å². The lowest BCUT2D eigenvalue weighted by Gasteiger charge is -2.11. The molecule has 0 spiro atoms. The van der Waals surface area contributed by atoms with E-state index >= 15 is 0 Å². The highest BCUT2D eigenvalue weighted by Crippen LogP contribution is 2.14. The SMILES string of the molecule is CN=C(NCc1cn2c(n1)CCCC2)NCc1nnc2ccccn12. The van der Waals surface area contributed by atoms with Crippen LogP contribution in [0.25, 0.3) is 5.65 Å². The van der Waals surface area contributed by atoms with Crippen molar-refractivity contribution in [3.8, 4) is 0 Å². The molecule has 8 heteroatoms. The second-order valence-corrected chi connectivity index (χ2v) is 6.12. The highest BCUT2D eigenvalue weighted by Gasteiger charge is 2.12. The Morgan fingerprint density at radius 2 is 2.12 bits per heavy atom. The first-order valence-corrected chi connectivity index (χ1v) is 8.61. The predicted octanol–water partition coefficient (Wildman–Crippen LogP) is 1.13. The van der Waals surface area contributed by atoms with Gasteiger partial charge in [-0.2, -0.15) is 0 Å². The van der Waals surface area contributed by atoms with Crippen LogP contribution in [0.2, 0.25) is 0 Å². The van der Waals surface area contributed by atoms with Crippen molar-refractivity contribution >= 4 is 11.6 Å². The quantitative estimate of drug-likeness (QED) is 0.550. The normalized spacial score (nSPS) is 14.5. The largest absolute Gasteiger partial charge is 0.351 e. The first-order chi connectivity index (χ1) is 12.3. The molecular weight excluding hydrogens is 316 g/mol. The number of hydrogen-bond acceptors (Lipinski definition) is 4. The van der Waals surface area contributed by atoms with E-state index in [9.17, 15) is 0 Å². The van der Waals surface area contributed by atoms with Crippen LogP contribution in [0, 0.1) is 0 Å². The molecule has 3 aromatic rings. The van der Waals surface area contributed by atoms with Gasteiger partial charge in [-0.1, -0.05) is 6.07 Å². The Kier molecular flexibility index (Phi) is 4.32. The molecule has 130 valence electrons. The minimum absolute atomic E-state index is 0.546. The van der Waals surface area contributed by atoms with Crippen LogP contribution in [-0.2, 0) is 26.1 Å². The smallest absolute Gasteiger partial charge is 0.191 e. The Hall–Kier alpha value is -2.90. The third kappa shape index (κ3) is 3.33. The molecule has 0 amide bonds. The minimum atomic E-state index is 0.546. The van der Waals surface area contributed by atoms with E-state index in [1.807, 2.05) is 28.8 Å². The Bertz CT molecular complexity index is 868. The van der Waals surface area contributed by atoms with Crippen molar-refractivity contribution in [2.24, 2.45) is 4.99 Å². The number of aryl methyl sites for hydroxylation is 2. The van der Waals surface area contributed by atoms with E-state index in [0.717, 1.165) is 36.1 Å². The molecule has 0 saturated carbocycles. The number of rotatable bonds is 4. The molecule has 0 fully saturated rings. The second kappa shape index (κ2) is 6.92. The van der Waals surface area contributed by atoms with Crippen molar-refractivity contribution in [3.05, 3.63) is 47.9 Å². The van der Waals surface area contributed by atoms with Crippen molar-refractivity contribution < 1.29 is 0 Å². The van der Waals surface area contributed by atoms with Crippen LogP contribution in [0.4, 0.5) is 0 Å². The van der Waals surface area contributed by atoms with Crippen LogP contribution >= 0.6 is 0 Å². The minimum Gasteiger partial charge on any atom is -0.351 e. The molecular formula is C17H22N8. The fourth-order valence-corrected chi connectivity index (χ4v) is 3.13. The van der Waals surface area contributed by atoms with E-state index < -0.39 is 0 Å². The molecule has 0 aliphatic carbocycles. The molecule has 4 rings (SSSR count). The van der Waals surface area contributed by atoms with Crippen LogP contribution in [0.15, 0.2) is 35.6 Å². The van der Waals surface area contributed by atoms with Crippen molar-refractivity contribution in [2.45, 2.75) is 38.9 Å². The summed E-state index contributed by atoms with van der Waals surface area (Å²) in [6.07, 6.45) is 7.65. The van der Waals surface area contributed by atoms with Gasteiger partial charge in [-0.15, -0.1) is 10.2 Å². The maximum atomic E-state index is 4.70. The highest BCUT2D eigenvalue weighted by atomic mass is 15.3. The van der Waals surface area contributed by atoms with E-state index in [2.05, 4.69) is 36.6 Å². The third-order valence-corrected chi connectivity index (χ3v) is 4.42. The van der Waals surface area contributed by atoms with Crippen molar-refractivity contribution in [3.63, 3.8) is 0 Å². The number of aromatic nitrogens is 5. The average Bonchev–Trinajstić information content (AvgIpc) is 3.25. The van der Waals surface area contributed by atoms with E-state index in [4.69, 9.17) is 4.98 Å². The van der Waals surface area contributed by atoms with Gasteiger partial charge in [0.25, 0.3) is 0 Å². The molecule has 0 bridgehead atoms. The molecule has 1 aliphatic heterocycles. The zero-order chi connectivity index (χ0) is 17.1. The second-order valence-electron chi connectivity index (χ2n) is 6.12. The molecule has 0 radical (unpaired) electrons. The van der Waals surface area contributed by atoms with Gasteiger partial charge in [0.05, 0.1) is 18.8 Å². The van der Waals surface area contributed by atoms with E-state index in [1.165, 1.54) is 18.7 Å². The van der Waals surface area contributed by atoms with Crippen LogP contribution in [0.3, 0.4) is 0 Å². The predicted molar refractivity (Wildman–Crippen MR) is 95.2 cm³/mol. The number of nitrogens with zero attached hydrogens (tertiary/aromatic N) is 6. The van der Waals surface area contributed by atoms with Crippen molar-refractivity contribution in [2.75, 3.05) is 7.05 Å². The van der Waals surface area contributed by atoms with Gasteiger partial charge < -0.3 is 15.2 Å². The summed E-state index contributed by atoms with van der Waals surface area (Å²) < 4.78 is 4.22. The summed E-state index contributed by atoms with van der Waals surface area (Å²) in [6.45, 7) is 2.28. The third-order valence-electron chi connectivity index (χ3n) is 4.42. The summed E-state index contributed by atoms with van der Waals surface area (Å²) in [5, 5.41) is 15.0. The lowest BCUT2D eigenvalue weighted by molar-refractivity contribution is 0.522. The average molecular weight is 338 g/mol. The lowest BCUT2D eigenvalue weighted by atomic mass is 10.2. The van der Waals surface area contributed by atoms with E-state index in [0.29, 0.717) is 13.1 Å². The van der Waals surface area contributed by atoms with Crippen LogP contribution in [-0.4, -0.2) is 37.2 Å². The molecule has 25 heavy (non-hydrogen) atoms. The van der Waals surface area contributed by atoms with Crippen molar-refractivity contribution in [1.82, 2.24) is 34.8 Å². The lowest BCUT2D eigenvalue weighted by Crippen LogP contribution is -2.36. The van der Waals surface area contributed by atoms with Gasteiger partial charge in [0.1, 0.15) is 5.82 Å². The topological polar surface area (TPSA) is 84.4 Å². The fraction of sp³-hybridized carbons (Fsp3) is 0.412. The van der Waals surface area contributed by atoms with Crippen molar-refractivity contribution in [1.29, 1.82) is 0 Å². The fourth-order valence-electron chi connectivity index (χ4n) is 3.13. The molecule has 0 unspecified atom stereocenters. The van der Waals surface area contributed by atoms with Gasteiger partial charge in [-0.05, 0) is 25.0 Å². The van der Waals surface area contributed by atoms with Crippen LogP contribution < -0.4 is 10.6 Å². The molecule has 0 saturated heterocycles. The first-order valence-electron chi connectivity index (χ1n) is 8.61. The zero-order valence-corrected chi connectivity index (χ0v) is 14.3. The maximum absolute atomic E-state index is 4.70. The first kappa shape index (κ1) is 15.6. The molecule has 4 heterocycles. The number of guanidine groups is 1. The summed E-state index contributed by atoms with van der Waals surface area (Å²) >= 11 is 0. The molecule has 0 aromatic carbocycles. The summed E-state index contributed by atoms with van der Waals surface area (Å²) in [6, 6.07) is 5.85. The molecule has 2 N–H and O–H groups in total. The van der Waals surface area contributed by atoms with E-state index in [-0.39, 0.29) is 0 Å². The molecule has 3 aromatic heterocycles.